The van der Waals surface area contributed by atoms with Crippen LogP contribution in [0, 0.1) is 6.92 Å². The van der Waals surface area contributed by atoms with Gasteiger partial charge in [0, 0.05) is 43.0 Å². The van der Waals surface area contributed by atoms with Crippen molar-refractivity contribution in [1.82, 2.24) is 10.3 Å². The minimum absolute atomic E-state index is 0.593. The molecule has 1 aliphatic heterocycles. The van der Waals surface area contributed by atoms with Crippen molar-refractivity contribution in [3.63, 3.8) is 0 Å². The minimum Gasteiger partial charge on any atom is -0.490 e. The van der Waals surface area contributed by atoms with E-state index in [9.17, 15) is 0 Å². The number of hydrogen-bond acceptors (Lipinski definition) is 4. The highest BCUT2D eigenvalue weighted by Gasteiger charge is 2.11. The third-order valence-corrected chi connectivity index (χ3v) is 5.08. The van der Waals surface area contributed by atoms with Crippen molar-refractivity contribution in [1.29, 1.82) is 0 Å². The Morgan fingerprint density at radius 1 is 1.00 bits per heavy atom. The molecule has 0 saturated heterocycles. The smallest absolute Gasteiger partial charge is 0.196 e. The lowest BCUT2D eigenvalue weighted by atomic mass is 10.1. The van der Waals surface area contributed by atoms with Crippen LogP contribution in [0.1, 0.15) is 23.2 Å². The monoisotopic (exact) mass is 416 g/mol. The summed E-state index contributed by atoms with van der Waals surface area (Å²) in [5.41, 5.74) is 4.38. The fraction of sp³-hybridized carbons (Fsp3) is 0.280. The predicted molar refractivity (Wildman–Crippen MR) is 124 cm³/mol. The Hall–Kier alpha value is -3.54. The first-order valence-corrected chi connectivity index (χ1v) is 10.7. The molecule has 1 aliphatic rings. The van der Waals surface area contributed by atoms with Crippen LogP contribution in [0.2, 0.25) is 0 Å². The number of ether oxygens (including phenoxy) is 2. The minimum atomic E-state index is 0.593. The van der Waals surface area contributed by atoms with Crippen molar-refractivity contribution in [3.05, 3.63) is 83.7 Å². The van der Waals surface area contributed by atoms with Crippen molar-refractivity contribution in [2.24, 2.45) is 4.99 Å². The first-order chi connectivity index (χ1) is 15.3. The molecule has 0 spiro atoms. The molecule has 4 rings (SSSR count). The van der Waals surface area contributed by atoms with Crippen LogP contribution >= 0.6 is 0 Å². The lowest BCUT2D eigenvalue weighted by Gasteiger charge is -2.15. The molecule has 0 atom stereocenters. The summed E-state index contributed by atoms with van der Waals surface area (Å²) in [5, 5.41) is 6.83. The highest BCUT2D eigenvalue weighted by Crippen LogP contribution is 2.32. The highest BCUT2D eigenvalue weighted by molar-refractivity contribution is 5.94. The normalized spacial score (nSPS) is 13.4. The van der Waals surface area contributed by atoms with E-state index in [2.05, 4.69) is 34.7 Å². The van der Waals surface area contributed by atoms with Gasteiger partial charge in [0.2, 0.25) is 0 Å². The van der Waals surface area contributed by atoms with Gasteiger partial charge in [0.25, 0.3) is 0 Å². The third-order valence-electron chi connectivity index (χ3n) is 5.08. The first kappa shape index (κ1) is 20.7. The number of hydrogen-bond donors (Lipinski definition) is 2. The summed E-state index contributed by atoms with van der Waals surface area (Å²) in [6, 6.07) is 20.2. The predicted octanol–water partition coefficient (Wildman–Crippen LogP) is 4.35. The lowest BCUT2D eigenvalue weighted by Crippen LogP contribution is -2.32. The Labute approximate surface area is 183 Å². The summed E-state index contributed by atoms with van der Waals surface area (Å²) in [7, 11) is 0. The second-order valence-electron chi connectivity index (χ2n) is 7.43. The van der Waals surface area contributed by atoms with Gasteiger partial charge in [-0.3, -0.25) is 4.98 Å². The Morgan fingerprint density at radius 2 is 1.84 bits per heavy atom. The Bertz CT molecular complexity index is 1020. The first-order valence-electron chi connectivity index (χ1n) is 10.7. The zero-order chi connectivity index (χ0) is 21.3. The van der Waals surface area contributed by atoms with Crippen molar-refractivity contribution in [3.8, 4) is 11.5 Å². The maximum Gasteiger partial charge on any atom is 0.196 e. The van der Waals surface area contributed by atoms with E-state index in [0.29, 0.717) is 25.7 Å². The van der Waals surface area contributed by atoms with Gasteiger partial charge in [-0.1, -0.05) is 30.3 Å². The van der Waals surface area contributed by atoms with E-state index in [4.69, 9.17) is 14.5 Å². The van der Waals surface area contributed by atoms with Crippen LogP contribution in [-0.2, 0) is 13.0 Å². The molecular formula is C25H28N4O2. The van der Waals surface area contributed by atoms with Crippen LogP contribution < -0.4 is 20.1 Å². The molecule has 2 aromatic carbocycles. The van der Waals surface area contributed by atoms with Crippen molar-refractivity contribution in [2.45, 2.75) is 26.3 Å². The summed E-state index contributed by atoms with van der Waals surface area (Å²) in [5.74, 6) is 2.26. The number of nitrogens with one attached hydrogen (secondary N) is 2. The average Bonchev–Trinajstić information content (AvgIpc) is 3.04. The summed E-state index contributed by atoms with van der Waals surface area (Å²) in [6.45, 7) is 4.76. The number of anilines is 1. The van der Waals surface area contributed by atoms with Crippen molar-refractivity contribution < 1.29 is 9.47 Å². The number of guanidine groups is 1. The molecule has 0 fully saturated rings. The molecule has 6 nitrogen and oxygen atoms in total. The lowest BCUT2D eigenvalue weighted by molar-refractivity contribution is 0.297. The second kappa shape index (κ2) is 10.5. The van der Waals surface area contributed by atoms with Crippen LogP contribution in [0.4, 0.5) is 5.69 Å². The van der Waals surface area contributed by atoms with Gasteiger partial charge in [-0.25, -0.2) is 4.99 Å². The van der Waals surface area contributed by atoms with Gasteiger partial charge < -0.3 is 20.1 Å². The Morgan fingerprint density at radius 3 is 2.68 bits per heavy atom. The maximum atomic E-state index is 5.82. The summed E-state index contributed by atoms with van der Waals surface area (Å²) in [4.78, 5) is 9.20. The molecule has 0 unspecified atom stereocenters. The Balaban J connectivity index is 1.48. The molecule has 2 N–H and O–H groups in total. The summed E-state index contributed by atoms with van der Waals surface area (Å²) >= 11 is 0. The maximum absolute atomic E-state index is 5.82. The number of aryl methyl sites for hydroxylation is 1. The van der Waals surface area contributed by atoms with E-state index >= 15 is 0 Å². The molecule has 0 bridgehead atoms. The standard InChI is InChI=1S/C25H28N4O2/c1-19-7-2-3-8-20(19)18-28-25(27-14-12-21-9-4-5-13-26-21)29-22-10-11-23-24(17-22)31-16-6-15-30-23/h2-5,7-11,13,17H,6,12,14-16,18H2,1H3,(H2,27,28,29). The number of rotatable bonds is 6. The SMILES string of the molecule is Cc1ccccc1CN=C(NCCc1ccccn1)Nc1ccc2c(c1)OCCCO2. The van der Waals surface area contributed by atoms with Gasteiger partial charge >= 0.3 is 0 Å². The van der Waals surface area contributed by atoms with Crippen LogP contribution in [-0.4, -0.2) is 30.7 Å². The van der Waals surface area contributed by atoms with Gasteiger partial charge in [-0.05, 0) is 42.3 Å². The molecule has 2 heterocycles. The van der Waals surface area contributed by atoms with E-state index in [1.165, 1.54) is 11.1 Å². The summed E-state index contributed by atoms with van der Waals surface area (Å²) < 4.78 is 11.6. The number of fused-ring (bicyclic) bond motifs is 1. The molecule has 3 aromatic rings. The molecule has 6 heteroatoms. The fourth-order valence-electron chi connectivity index (χ4n) is 3.32. The number of aromatic nitrogens is 1. The van der Waals surface area contributed by atoms with Gasteiger partial charge in [0.1, 0.15) is 0 Å². The number of nitrogens with zero attached hydrogens (tertiary/aromatic N) is 2. The topological polar surface area (TPSA) is 67.8 Å². The van der Waals surface area contributed by atoms with Crippen molar-refractivity contribution in [2.75, 3.05) is 25.1 Å². The van der Waals surface area contributed by atoms with E-state index in [-0.39, 0.29) is 0 Å². The Kier molecular flexibility index (Phi) is 7.00. The van der Waals surface area contributed by atoms with Crippen LogP contribution in [0.3, 0.4) is 0 Å². The zero-order valence-corrected chi connectivity index (χ0v) is 17.8. The highest BCUT2D eigenvalue weighted by atomic mass is 16.5. The quantitative estimate of drug-likeness (QED) is 0.462. The number of benzene rings is 2. The largest absolute Gasteiger partial charge is 0.490 e. The molecule has 0 amide bonds. The van der Waals surface area contributed by atoms with Crippen LogP contribution in [0.5, 0.6) is 11.5 Å². The molecule has 1 aromatic heterocycles. The van der Waals surface area contributed by atoms with Crippen LogP contribution in [0.15, 0.2) is 71.9 Å². The fourth-order valence-corrected chi connectivity index (χ4v) is 3.32. The van der Waals surface area contributed by atoms with Gasteiger partial charge in [0.05, 0.1) is 19.8 Å². The molecule has 31 heavy (non-hydrogen) atoms. The molecular weight excluding hydrogens is 388 g/mol. The second-order valence-corrected chi connectivity index (χ2v) is 7.43. The zero-order valence-electron chi connectivity index (χ0n) is 17.8. The van der Waals surface area contributed by atoms with E-state index < -0.39 is 0 Å². The van der Waals surface area contributed by atoms with Gasteiger partial charge in [0.15, 0.2) is 17.5 Å². The third kappa shape index (κ3) is 5.98. The van der Waals surface area contributed by atoms with E-state index in [1.54, 1.807) is 0 Å². The molecule has 0 saturated carbocycles. The van der Waals surface area contributed by atoms with Gasteiger partial charge in [-0.2, -0.15) is 0 Å². The van der Waals surface area contributed by atoms with E-state index in [1.807, 2.05) is 54.7 Å². The number of aliphatic imine (C=N–C) groups is 1. The van der Waals surface area contributed by atoms with Gasteiger partial charge in [-0.15, -0.1) is 0 Å². The summed E-state index contributed by atoms with van der Waals surface area (Å²) in [6.07, 6.45) is 3.52. The average molecular weight is 417 g/mol. The number of pyridine rings is 1. The van der Waals surface area contributed by atoms with Crippen molar-refractivity contribution >= 4 is 11.6 Å². The molecule has 0 aliphatic carbocycles. The molecule has 0 radical (unpaired) electrons. The van der Waals surface area contributed by atoms with Crippen LogP contribution in [0.25, 0.3) is 0 Å². The molecule has 160 valence electrons. The van der Waals surface area contributed by atoms with E-state index in [0.717, 1.165) is 42.3 Å².